The predicted molar refractivity (Wildman–Crippen MR) is 60.6 cm³/mol. The SMILES string of the molecule is O=C(O)N[C@H]1C[C@@H](O)CO[C@@H]1c1cc(F)ccc1F. The van der Waals surface area contributed by atoms with Crippen molar-refractivity contribution < 1.29 is 28.5 Å². The number of amides is 1. The second-order valence-corrected chi connectivity index (χ2v) is 4.37. The van der Waals surface area contributed by atoms with Crippen LogP contribution in [0.4, 0.5) is 13.6 Å². The minimum Gasteiger partial charge on any atom is -0.465 e. The lowest BCUT2D eigenvalue weighted by Crippen LogP contribution is -2.46. The summed E-state index contributed by atoms with van der Waals surface area (Å²) in [5.41, 5.74) is -0.0642. The fourth-order valence-corrected chi connectivity index (χ4v) is 2.15. The van der Waals surface area contributed by atoms with Crippen LogP contribution in [0.5, 0.6) is 0 Å². The highest BCUT2D eigenvalue weighted by molar-refractivity contribution is 5.65. The Morgan fingerprint density at radius 2 is 2.16 bits per heavy atom. The normalized spacial score (nSPS) is 27.0. The summed E-state index contributed by atoms with van der Waals surface area (Å²) in [7, 11) is 0. The summed E-state index contributed by atoms with van der Waals surface area (Å²) in [6, 6.07) is 2.05. The van der Waals surface area contributed by atoms with E-state index in [0.717, 1.165) is 18.2 Å². The number of aliphatic hydroxyl groups excluding tert-OH is 1. The van der Waals surface area contributed by atoms with Crippen molar-refractivity contribution >= 4 is 6.09 Å². The molecule has 0 unspecified atom stereocenters. The molecule has 0 aliphatic carbocycles. The number of halogens is 2. The molecule has 0 aromatic heterocycles. The number of aliphatic hydroxyl groups is 1. The van der Waals surface area contributed by atoms with Crippen LogP contribution in [0, 0.1) is 11.6 Å². The van der Waals surface area contributed by atoms with Crippen LogP contribution in [0.15, 0.2) is 18.2 Å². The van der Waals surface area contributed by atoms with Gasteiger partial charge in [0.2, 0.25) is 0 Å². The molecule has 1 heterocycles. The van der Waals surface area contributed by atoms with Gasteiger partial charge in [0.1, 0.15) is 17.7 Å². The van der Waals surface area contributed by atoms with Crippen molar-refractivity contribution in [2.24, 2.45) is 0 Å². The van der Waals surface area contributed by atoms with Gasteiger partial charge in [-0.3, -0.25) is 0 Å². The molecule has 1 fully saturated rings. The van der Waals surface area contributed by atoms with Gasteiger partial charge in [-0.05, 0) is 24.6 Å². The molecule has 19 heavy (non-hydrogen) atoms. The summed E-state index contributed by atoms with van der Waals surface area (Å²) in [6.45, 7) is -0.0571. The molecular weight excluding hydrogens is 260 g/mol. The second-order valence-electron chi connectivity index (χ2n) is 4.37. The van der Waals surface area contributed by atoms with Crippen molar-refractivity contribution in [3.05, 3.63) is 35.4 Å². The molecular formula is C12H13F2NO4. The number of hydrogen-bond acceptors (Lipinski definition) is 3. The van der Waals surface area contributed by atoms with Gasteiger partial charge in [-0.2, -0.15) is 0 Å². The van der Waals surface area contributed by atoms with Crippen molar-refractivity contribution in [1.82, 2.24) is 5.32 Å². The summed E-state index contributed by atoms with van der Waals surface area (Å²) in [6.07, 6.45) is -3.04. The summed E-state index contributed by atoms with van der Waals surface area (Å²) in [5, 5.41) is 20.3. The largest absolute Gasteiger partial charge is 0.465 e. The molecule has 0 spiro atoms. The zero-order chi connectivity index (χ0) is 14.0. The van der Waals surface area contributed by atoms with E-state index < -0.39 is 36.0 Å². The first-order valence-electron chi connectivity index (χ1n) is 5.71. The van der Waals surface area contributed by atoms with Crippen LogP contribution in [0.1, 0.15) is 18.1 Å². The zero-order valence-corrected chi connectivity index (χ0v) is 9.85. The second kappa shape index (κ2) is 5.50. The fourth-order valence-electron chi connectivity index (χ4n) is 2.15. The maximum Gasteiger partial charge on any atom is 0.404 e. The smallest absolute Gasteiger partial charge is 0.404 e. The minimum absolute atomic E-state index is 0.0571. The molecule has 3 N–H and O–H groups in total. The third kappa shape index (κ3) is 3.18. The average molecular weight is 273 g/mol. The van der Waals surface area contributed by atoms with E-state index in [1.807, 2.05) is 0 Å². The molecule has 1 amide bonds. The van der Waals surface area contributed by atoms with Gasteiger partial charge < -0.3 is 20.3 Å². The molecule has 1 aromatic carbocycles. The molecule has 104 valence electrons. The first-order chi connectivity index (χ1) is 8.97. The molecule has 1 aliphatic heterocycles. The minimum atomic E-state index is -1.32. The van der Waals surface area contributed by atoms with Crippen LogP contribution in [0.3, 0.4) is 0 Å². The molecule has 3 atom stereocenters. The van der Waals surface area contributed by atoms with Crippen molar-refractivity contribution in [3.63, 3.8) is 0 Å². The van der Waals surface area contributed by atoms with Crippen LogP contribution in [-0.2, 0) is 4.74 Å². The van der Waals surface area contributed by atoms with Gasteiger partial charge in [0, 0.05) is 5.56 Å². The molecule has 0 saturated carbocycles. The maximum absolute atomic E-state index is 13.7. The van der Waals surface area contributed by atoms with Crippen molar-refractivity contribution in [2.45, 2.75) is 24.7 Å². The van der Waals surface area contributed by atoms with Crippen LogP contribution in [0.25, 0.3) is 0 Å². The monoisotopic (exact) mass is 273 g/mol. The van der Waals surface area contributed by atoms with Crippen LogP contribution >= 0.6 is 0 Å². The average Bonchev–Trinajstić information content (AvgIpc) is 2.32. The number of ether oxygens (including phenoxy) is 1. The van der Waals surface area contributed by atoms with E-state index in [1.54, 1.807) is 0 Å². The van der Waals surface area contributed by atoms with Crippen LogP contribution in [-0.4, -0.2) is 35.1 Å². The van der Waals surface area contributed by atoms with Gasteiger partial charge in [-0.25, -0.2) is 13.6 Å². The topological polar surface area (TPSA) is 78.8 Å². The van der Waals surface area contributed by atoms with Crippen LogP contribution < -0.4 is 5.32 Å². The van der Waals surface area contributed by atoms with Crippen LogP contribution in [0.2, 0.25) is 0 Å². The van der Waals surface area contributed by atoms with E-state index in [9.17, 15) is 18.7 Å². The third-order valence-corrected chi connectivity index (χ3v) is 2.93. The quantitative estimate of drug-likeness (QED) is 0.761. The Bertz CT molecular complexity index is 483. The standard InChI is InChI=1S/C12H13F2NO4/c13-6-1-2-9(14)8(3-6)11-10(15-12(17)18)4-7(16)5-19-11/h1-3,7,10-11,15-16H,4-5H2,(H,17,18)/t7-,10+,11-/m1/s1. The van der Waals surface area contributed by atoms with Gasteiger partial charge in [-0.15, -0.1) is 0 Å². The lowest BCUT2D eigenvalue weighted by Gasteiger charge is -2.34. The maximum atomic E-state index is 13.7. The zero-order valence-electron chi connectivity index (χ0n) is 9.85. The van der Waals surface area contributed by atoms with Gasteiger partial charge >= 0.3 is 6.09 Å². The summed E-state index contributed by atoms with van der Waals surface area (Å²) in [5.74, 6) is -1.32. The number of benzene rings is 1. The number of carboxylic acid groups (broad SMARTS) is 1. The first-order valence-corrected chi connectivity index (χ1v) is 5.71. The molecule has 1 aliphatic rings. The highest BCUT2D eigenvalue weighted by Gasteiger charge is 2.34. The Morgan fingerprint density at radius 1 is 1.42 bits per heavy atom. The van der Waals surface area contributed by atoms with E-state index in [-0.39, 0.29) is 18.6 Å². The third-order valence-electron chi connectivity index (χ3n) is 2.93. The Balaban J connectivity index is 2.28. The summed E-state index contributed by atoms with van der Waals surface area (Å²) in [4.78, 5) is 10.7. The Hall–Kier alpha value is -1.73. The lowest BCUT2D eigenvalue weighted by molar-refractivity contribution is -0.0759. The first kappa shape index (κ1) is 13.7. The molecule has 7 heteroatoms. The van der Waals surface area contributed by atoms with Gasteiger partial charge in [0.05, 0.1) is 18.8 Å². The molecule has 1 aromatic rings. The van der Waals surface area contributed by atoms with Gasteiger partial charge in [0.15, 0.2) is 0 Å². The molecule has 5 nitrogen and oxygen atoms in total. The van der Waals surface area contributed by atoms with Crippen molar-refractivity contribution in [3.8, 4) is 0 Å². The number of nitrogens with one attached hydrogen (secondary N) is 1. The number of carbonyl (C=O) groups is 1. The molecule has 1 saturated heterocycles. The highest BCUT2D eigenvalue weighted by atomic mass is 19.1. The lowest BCUT2D eigenvalue weighted by atomic mass is 9.94. The predicted octanol–water partition coefficient (Wildman–Crippen LogP) is 1.42. The fraction of sp³-hybridized carbons (Fsp3) is 0.417. The van der Waals surface area contributed by atoms with E-state index in [0.29, 0.717) is 0 Å². The van der Waals surface area contributed by atoms with Crippen molar-refractivity contribution in [2.75, 3.05) is 6.61 Å². The van der Waals surface area contributed by atoms with Gasteiger partial charge in [0.25, 0.3) is 0 Å². The van der Waals surface area contributed by atoms with Crippen molar-refractivity contribution in [1.29, 1.82) is 0 Å². The highest BCUT2D eigenvalue weighted by Crippen LogP contribution is 2.30. The molecule has 0 bridgehead atoms. The Morgan fingerprint density at radius 3 is 2.84 bits per heavy atom. The van der Waals surface area contributed by atoms with E-state index in [2.05, 4.69) is 5.32 Å². The summed E-state index contributed by atoms with van der Waals surface area (Å²) >= 11 is 0. The number of rotatable bonds is 2. The Labute approximate surface area is 107 Å². The van der Waals surface area contributed by atoms with Gasteiger partial charge in [-0.1, -0.05) is 0 Å². The molecule has 2 rings (SSSR count). The van der Waals surface area contributed by atoms with E-state index in [4.69, 9.17) is 9.84 Å². The summed E-state index contributed by atoms with van der Waals surface area (Å²) < 4.78 is 32.1. The Kier molecular flexibility index (Phi) is 3.96. The molecule has 0 radical (unpaired) electrons. The van der Waals surface area contributed by atoms with E-state index in [1.165, 1.54) is 0 Å². The number of hydrogen-bond donors (Lipinski definition) is 3. The van der Waals surface area contributed by atoms with E-state index >= 15 is 0 Å².